The van der Waals surface area contributed by atoms with Gasteiger partial charge in [0.2, 0.25) is 0 Å². The van der Waals surface area contributed by atoms with Gasteiger partial charge in [0.15, 0.2) is 0 Å². The Bertz CT molecular complexity index is 863. The Hall–Kier alpha value is -3.10. The molecule has 1 fully saturated rings. The molecule has 1 unspecified atom stereocenters. The third kappa shape index (κ3) is 7.44. The summed E-state index contributed by atoms with van der Waals surface area (Å²) < 4.78 is 32.9. The zero-order chi connectivity index (χ0) is 21.2. The Kier molecular flexibility index (Phi) is 8.45. The zero-order valence-electron chi connectivity index (χ0n) is 15.5. The fourth-order valence-corrected chi connectivity index (χ4v) is 2.74. The smallest absolute Gasteiger partial charge is 0.328 e. The first-order valence-corrected chi connectivity index (χ1v) is 8.86. The number of carboxylic acids is 2. The summed E-state index contributed by atoms with van der Waals surface area (Å²) in [5.41, 5.74) is 2.07. The minimum absolute atomic E-state index is 0.205. The molecule has 3 N–H and O–H groups in total. The van der Waals surface area contributed by atoms with Gasteiger partial charge in [0.05, 0.1) is 12.7 Å². The molecular formula is C21H21F2NO5. The maximum absolute atomic E-state index is 14.0. The number of nitrogens with one attached hydrogen (secondary N) is 1. The van der Waals surface area contributed by atoms with Crippen LogP contribution in [0.4, 0.5) is 8.78 Å². The van der Waals surface area contributed by atoms with Gasteiger partial charge in [-0.3, -0.25) is 0 Å². The molecule has 6 nitrogen and oxygen atoms in total. The van der Waals surface area contributed by atoms with Gasteiger partial charge >= 0.3 is 11.9 Å². The molecule has 0 amide bonds. The van der Waals surface area contributed by atoms with E-state index in [1.807, 2.05) is 24.3 Å². The number of hydrogen-bond donors (Lipinski definition) is 3. The molecule has 0 radical (unpaired) electrons. The van der Waals surface area contributed by atoms with E-state index in [0.29, 0.717) is 24.3 Å². The number of carboxylic acid groups (broad SMARTS) is 2. The highest BCUT2D eigenvalue weighted by atomic mass is 19.1. The second-order valence-corrected chi connectivity index (χ2v) is 6.22. The zero-order valence-corrected chi connectivity index (χ0v) is 15.5. The predicted molar refractivity (Wildman–Crippen MR) is 102 cm³/mol. The van der Waals surface area contributed by atoms with Crippen LogP contribution in [-0.4, -0.2) is 41.3 Å². The normalized spacial score (nSPS) is 15.7. The molecule has 1 aliphatic rings. The number of carbonyl (C=O) groups is 2. The van der Waals surface area contributed by atoms with Crippen LogP contribution in [0.3, 0.4) is 0 Å². The average molecular weight is 405 g/mol. The minimum atomic E-state index is -1.26. The number of aliphatic carboxylic acids is 2. The van der Waals surface area contributed by atoms with E-state index in [4.69, 9.17) is 14.9 Å². The van der Waals surface area contributed by atoms with Crippen LogP contribution in [0.5, 0.6) is 0 Å². The molecule has 0 bridgehead atoms. The first-order chi connectivity index (χ1) is 13.9. The second kappa shape index (κ2) is 11.0. The maximum atomic E-state index is 14.0. The fourth-order valence-electron chi connectivity index (χ4n) is 2.74. The van der Waals surface area contributed by atoms with Crippen molar-refractivity contribution in [2.75, 3.05) is 13.1 Å². The van der Waals surface area contributed by atoms with Gasteiger partial charge in [-0.1, -0.05) is 24.3 Å². The van der Waals surface area contributed by atoms with Crippen molar-refractivity contribution >= 4 is 11.9 Å². The first kappa shape index (κ1) is 22.2. The van der Waals surface area contributed by atoms with Crippen molar-refractivity contribution < 1.29 is 33.3 Å². The minimum Gasteiger partial charge on any atom is -0.478 e. The molecule has 154 valence electrons. The third-order valence-electron chi connectivity index (χ3n) is 4.10. The Balaban J connectivity index is 0.000000321. The lowest BCUT2D eigenvalue weighted by Gasteiger charge is -2.14. The van der Waals surface area contributed by atoms with Gasteiger partial charge in [-0.25, -0.2) is 18.4 Å². The third-order valence-corrected chi connectivity index (χ3v) is 4.10. The number of ether oxygens (including phenoxy) is 1. The van der Waals surface area contributed by atoms with Crippen LogP contribution < -0.4 is 5.32 Å². The van der Waals surface area contributed by atoms with Crippen molar-refractivity contribution in [1.29, 1.82) is 0 Å². The van der Waals surface area contributed by atoms with Gasteiger partial charge in [0.25, 0.3) is 0 Å². The Morgan fingerprint density at radius 3 is 2.34 bits per heavy atom. The molecule has 0 saturated carbocycles. The number of benzene rings is 2. The van der Waals surface area contributed by atoms with Crippen LogP contribution in [-0.2, 0) is 20.9 Å². The molecule has 1 heterocycles. The molecular weight excluding hydrogens is 384 g/mol. The molecule has 3 rings (SSSR count). The summed E-state index contributed by atoms with van der Waals surface area (Å²) >= 11 is 0. The number of rotatable bonds is 6. The summed E-state index contributed by atoms with van der Waals surface area (Å²) in [5.74, 6) is -3.63. The van der Waals surface area contributed by atoms with Crippen LogP contribution >= 0.6 is 0 Å². The first-order valence-electron chi connectivity index (χ1n) is 8.86. The van der Waals surface area contributed by atoms with Gasteiger partial charge in [-0.05, 0) is 36.2 Å². The molecule has 2 aromatic rings. The molecule has 2 aromatic carbocycles. The van der Waals surface area contributed by atoms with Gasteiger partial charge in [-0.2, -0.15) is 0 Å². The van der Waals surface area contributed by atoms with Gasteiger partial charge in [0, 0.05) is 30.3 Å². The lowest BCUT2D eigenvalue weighted by Crippen LogP contribution is -2.16. The van der Waals surface area contributed by atoms with Crippen molar-refractivity contribution in [3.63, 3.8) is 0 Å². The Morgan fingerprint density at radius 2 is 1.76 bits per heavy atom. The van der Waals surface area contributed by atoms with E-state index >= 15 is 0 Å². The largest absolute Gasteiger partial charge is 0.478 e. The van der Waals surface area contributed by atoms with E-state index in [-0.39, 0.29) is 6.10 Å². The maximum Gasteiger partial charge on any atom is 0.328 e. The van der Waals surface area contributed by atoms with E-state index in [9.17, 15) is 18.4 Å². The lowest BCUT2D eigenvalue weighted by atomic mass is 9.99. The second-order valence-electron chi connectivity index (χ2n) is 6.22. The number of halogens is 2. The predicted octanol–water partition coefficient (Wildman–Crippen LogP) is 3.22. The highest BCUT2D eigenvalue weighted by molar-refractivity contribution is 5.89. The summed E-state index contributed by atoms with van der Waals surface area (Å²) in [6.07, 6.45) is 2.31. The van der Waals surface area contributed by atoms with Crippen LogP contribution in [0.1, 0.15) is 12.0 Å². The number of hydrogen-bond acceptors (Lipinski definition) is 4. The molecule has 1 aliphatic heterocycles. The molecule has 1 atom stereocenters. The van der Waals surface area contributed by atoms with Crippen molar-refractivity contribution in [2.24, 2.45) is 0 Å². The molecule has 0 aliphatic carbocycles. The average Bonchev–Trinajstić information content (AvgIpc) is 3.19. The standard InChI is InChI=1S/C17H17F2NO.C4H4O4/c18-13-5-6-16(17(19)9-13)15-4-2-1-3-12(15)11-21-14-7-8-20-10-14;5-3(6)1-2-4(7)8/h1-6,9,14,20H,7-8,10-11H2;1-2H,(H,5,6)(H,7,8). The van der Waals surface area contributed by atoms with Crippen LogP contribution in [0, 0.1) is 11.6 Å². The molecule has 0 spiro atoms. The summed E-state index contributed by atoms with van der Waals surface area (Å²) in [7, 11) is 0. The van der Waals surface area contributed by atoms with Crippen molar-refractivity contribution in [3.05, 3.63) is 71.8 Å². The van der Waals surface area contributed by atoms with Crippen LogP contribution in [0.25, 0.3) is 11.1 Å². The summed E-state index contributed by atoms with van der Waals surface area (Å²) in [4.78, 5) is 19.1. The van der Waals surface area contributed by atoms with Crippen LogP contribution in [0.2, 0.25) is 0 Å². The van der Waals surface area contributed by atoms with E-state index in [1.165, 1.54) is 12.1 Å². The van der Waals surface area contributed by atoms with Crippen molar-refractivity contribution in [1.82, 2.24) is 5.32 Å². The highest BCUT2D eigenvalue weighted by Crippen LogP contribution is 2.27. The monoisotopic (exact) mass is 405 g/mol. The molecule has 29 heavy (non-hydrogen) atoms. The quantitative estimate of drug-likeness (QED) is 0.639. The lowest BCUT2D eigenvalue weighted by molar-refractivity contribution is -0.134. The van der Waals surface area contributed by atoms with Crippen LogP contribution in [0.15, 0.2) is 54.6 Å². The van der Waals surface area contributed by atoms with E-state index in [1.54, 1.807) is 0 Å². The van der Waals surface area contributed by atoms with Crippen molar-refractivity contribution in [2.45, 2.75) is 19.1 Å². The Morgan fingerprint density at radius 1 is 1.07 bits per heavy atom. The highest BCUT2D eigenvalue weighted by Gasteiger charge is 2.16. The molecule has 0 aromatic heterocycles. The van der Waals surface area contributed by atoms with E-state index in [0.717, 1.165) is 36.7 Å². The van der Waals surface area contributed by atoms with E-state index in [2.05, 4.69) is 5.32 Å². The van der Waals surface area contributed by atoms with Gasteiger partial charge < -0.3 is 20.3 Å². The Labute approximate surface area is 166 Å². The topological polar surface area (TPSA) is 95.9 Å². The van der Waals surface area contributed by atoms with Crippen molar-refractivity contribution in [3.8, 4) is 11.1 Å². The molecule has 1 saturated heterocycles. The summed E-state index contributed by atoms with van der Waals surface area (Å²) in [5, 5.41) is 18.9. The summed E-state index contributed by atoms with van der Waals surface area (Å²) in [6, 6.07) is 11.2. The summed E-state index contributed by atoms with van der Waals surface area (Å²) in [6.45, 7) is 2.26. The van der Waals surface area contributed by atoms with E-state index < -0.39 is 23.6 Å². The molecule has 8 heteroatoms. The SMILES string of the molecule is Fc1ccc(-c2ccccc2COC2CCNC2)c(F)c1.O=C(O)C=CC(=O)O. The fraction of sp³-hybridized carbons (Fsp3) is 0.238. The van der Waals surface area contributed by atoms with Gasteiger partial charge in [-0.15, -0.1) is 0 Å². The van der Waals surface area contributed by atoms with Gasteiger partial charge in [0.1, 0.15) is 11.6 Å².